The van der Waals surface area contributed by atoms with Gasteiger partial charge in [0.05, 0.1) is 20.6 Å². The Balaban J connectivity index is 1.71. The maximum atomic E-state index is 13.6. The fourth-order valence-electron chi connectivity index (χ4n) is 4.46. The first-order chi connectivity index (χ1) is 15.1. The number of para-hydroxylation sites is 1. The van der Waals surface area contributed by atoms with Gasteiger partial charge in [-0.3, -0.25) is 9.59 Å². The quantitative estimate of drug-likeness (QED) is 0.635. The lowest BCUT2D eigenvalue weighted by Gasteiger charge is -2.33. The van der Waals surface area contributed by atoms with Crippen LogP contribution in [0.5, 0.6) is 11.5 Å². The van der Waals surface area contributed by atoms with Gasteiger partial charge in [-0.2, -0.15) is 0 Å². The van der Waals surface area contributed by atoms with Crippen molar-refractivity contribution >= 4 is 23.2 Å². The molecular formula is C24H30N2O4S. The fourth-order valence-corrected chi connectivity index (χ4v) is 5.16. The molecule has 1 N–H and O–H groups in total. The van der Waals surface area contributed by atoms with Gasteiger partial charge >= 0.3 is 0 Å². The van der Waals surface area contributed by atoms with E-state index in [1.807, 2.05) is 35.7 Å². The first-order valence-corrected chi connectivity index (χ1v) is 11.8. The zero-order valence-corrected chi connectivity index (χ0v) is 19.0. The molecule has 2 aliphatic rings. The van der Waals surface area contributed by atoms with Crippen LogP contribution in [0.2, 0.25) is 0 Å². The number of hydrogen-bond acceptors (Lipinski definition) is 5. The van der Waals surface area contributed by atoms with Crippen LogP contribution in [-0.4, -0.2) is 43.0 Å². The van der Waals surface area contributed by atoms with Gasteiger partial charge in [0.1, 0.15) is 6.04 Å². The molecule has 31 heavy (non-hydrogen) atoms. The minimum absolute atomic E-state index is 0.0265. The van der Waals surface area contributed by atoms with E-state index in [2.05, 4.69) is 5.32 Å². The van der Waals surface area contributed by atoms with E-state index >= 15 is 0 Å². The number of hydrogen-bond donors (Lipinski definition) is 1. The van der Waals surface area contributed by atoms with Crippen molar-refractivity contribution in [3.63, 3.8) is 0 Å². The van der Waals surface area contributed by atoms with Crippen molar-refractivity contribution in [2.75, 3.05) is 14.2 Å². The van der Waals surface area contributed by atoms with E-state index in [1.54, 1.807) is 30.5 Å². The van der Waals surface area contributed by atoms with Crippen LogP contribution >= 0.6 is 11.3 Å². The van der Waals surface area contributed by atoms with Crippen LogP contribution in [0.25, 0.3) is 0 Å². The van der Waals surface area contributed by atoms with Gasteiger partial charge in [-0.1, -0.05) is 31.0 Å². The SMILES string of the molecule is COc1cccc(C(C(=O)NC2CCCC2)N(C(=O)Cc2cccs2)C2CC2)c1OC. The summed E-state index contributed by atoms with van der Waals surface area (Å²) in [5.74, 6) is 0.901. The molecule has 1 heterocycles. The number of benzene rings is 1. The van der Waals surface area contributed by atoms with Gasteiger partial charge in [0.15, 0.2) is 11.5 Å². The first-order valence-electron chi connectivity index (χ1n) is 11.0. The third kappa shape index (κ3) is 4.87. The molecule has 2 amide bonds. The number of nitrogens with zero attached hydrogens (tertiary/aromatic N) is 1. The zero-order chi connectivity index (χ0) is 21.8. The molecule has 0 saturated heterocycles. The fraction of sp³-hybridized carbons (Fsp3) is 0.500. The molecule has 0 spiro atoms. The van der Waals surface area contributed by atoms with Gasteiger partial charge in [0, 0.05) is 22.5 Å². The molecule has 2 saturated carbocycles. The second-order valence-electron chi connectivity index (χ2n) is 8.26. The van der Waals surface area contributed by atoms with Crippen LogP contribution in [0, 0.1) is 0 Å². The Labute approximate surface area is 187 Å². The van der Waals surface area contributed by atoms with Gasteiger partial charge in [-0.25, -0.2) is 0 Å². The summed E-state index contributed by atoms with van der Waals surface area (Å²) in [5.41, 5.74) is 0.670. The maximum Gasteiger partial charge on any atom is 0.247 e. The average Bonchev–Trinajstić information content (AvgIpc) is 3.22. The van der Waals surface area contributed by atoms with Crippen molar-refractivity contribution in [2.24, 2.45) is 0 Å². The monoisotopic (exact) mass is 442 g/mol. The number of methoxy groups -OCH3 is 2. The van der Waals surface area contributed by atoms with E-state index in [0.717, 1.165) is 43.4 Å². The lowest BCUT2D eigenvalue weighted by Crippen LogP contribution is -2.47. The normalized spacial score (nSPS) is 17.2. The Kier molecular flexibility index (Phi) is 6.80. The molecule has 0 bridgehead atoms. The molecule has 1 aromatic carbocycles. The molecule has 6 nitrogen and oxygen atoms in total. The smallest absolute Gasteiger partial charge is 0.247 e. The van der Waals surface area contributed by atoms with Crippen LogP contribution in [0.15, 0.2) is 35.7 Å². The van der Waals surface area contributed by atoms with Crippen LogP contribution < -0.4 is 14.8 Å². The molecule has 0 radical (unpaired) electrons. The van der Waals surface area contributed by atoms with E-state index in [0.29, 0.717) is 23.5 Å². The van der Waals surface area contributed by atoms with Crippen molar-refractivity contribution in [1.29, 1.82) is 0 Å². The summed E-state index contributed by atoms with van der Waals surface area (Å²) in [4.78, 5) is 29.9. The predicted molar refractivity (Wildman–Crippen MR) is 121 cm³/mol. The molecule has 1 unspecified atom stereocenters. The second-order valence-corrected chi connectivity index (χ2v) is 9.30. The minimum Gasteiger partial charge on any atom is -0.493 e. The first kappa shape index (κ1) is 21.7. The minimum atomic E-state index is -0.745. The summed E-state index contributed by atoms with van der Waals surface area (Å²) in [6.45, 7) is 0. The van der Waals surface area contributed by atoms with Crippen LogP contribution in [0.4, 0.5) is 0 Å². The highest BCUT2D eigenvalue weighted by molar-refractivity contribution is 7.10. The molecule has 4 rings (SSSR count). The summed E-state index contributed by atoms with van der Waals surface area (Å²) >= 11 is 1.56. The summed E-state index contributed by atoms with van der Waals surface area (Å²) in [7, 11) is 3.15. The molecule has 7 heteroatoms. The number of amides is 2. The maximum absolute atomic E-state index is 13.6. The molecule has 0 aliphatic heterocycles. The highest BCUT2D eigenvalue weighted by atomic mass is 32.1. The summed E-state index contributed by atoms with van der Waals surface area (Å²) in [6.07, 6.45) is 6.35. The summed E-state index contributed by atoms with van der Waals surface area (Å²) < 4.78 is 11.1. The number of rotatable bonds is 9. The van der Waals surface area contributed by atoms with Crippen molar-refractivity contribution in [1.82, 2.24) is 10.2 Å². The van der Waals surface area contributed by atoms with Gasteiger partial charge in [-0.05, 0) is 43.2 Å². The van der Waals surface area contributed by atoms with E-state index in [9.17, 15) is 9.59 Å². The second kappa shape index (κ2) is 9.73. The molecule has 166 valence electrons. The highest BCUT2D eigenvalue weighted by Gasteiger charge is 2.43. The number of ether oxygens (including phenoxy) is 2. The van der Waals surface area contributed by atoms with Crippen molar-refractivity contribution < 1.29 is 19.1 Å². The molecule has 2 fully saturated rings. The third-order valence-electron chi connectivity index (χ3n) is 6.09. The summed E-state index contributed by atoms with van der Waals surface area (Å²) in [5, 5.41) is 5.19. The van der Waals surface area contributed by atoms with Gasteiger partial charge in [0.2, 0.25) is 11.8 Å². The van der Waals surface area contributed by atoms with E-state index < -0.39 is 6.04 Å². The van der Waals surface area contributed by atoms with Crippen LogP contribution in [0.1, 0.15) is 55.0 Å². The Bertz CT molecular complexity index is 904. The lowest BCUT2D eigenvalue weighted by atomic mass is 10.0. The molecule has 1 aromatic heterocycles. The molecular weight excluding hydrogens is 412 g/mol. The van der Waals surface area contributed by atoms with Gasteiger partial charge in [0.25, 0.3) is 0 Å². The van der Waals surface area contributed by atoms with Gasteiger partial charge in [-0.15, -0.1) is 11.3 Å². The third-order valence-corrected chi connectivity index (χ3v) is 6.97. The average molecular weight is 443 g/mol. The van der Waals surface area contributed by atoms with E-state index in [1.165, 1.54) is 0 Å². The topological polar surface area (TPSA) is 67.9 Å². The summed E-state index contributed by atoms with van der Waals surface area (Å²) in [6, 6.07) is 8.93. The largest absolute Gasteiger partial charge is 0.493 e. The Morgan fingerprint density at radius 3 is 2.48 bits per heavy atom. The Hall–Kier alpha value is -2.54. The number of nitrogens with one attached hydrogen (secondary N) is 1. The zero-order valence-electron chi connectivity index (χ0n) is 18.1. The van der Waals surface area contributed by atoms with Crippen LogP contribution in [0.3, 0.4) is 0 Å². The predicted octanol–water partition coefficient (Wildman–Crippen LogP) is 4.10. The highest BCUT2D eigenvalue weighted by Crippen LogP contribution is 2.42. The van der Waals surface area contributed by atoms with Crippen molar-refractivity contribution in [2.45, 2.75) is 63.1 Å². The Morgan fingerprint density at radius 1 is 1.10 bits per heavy atom. The van der Waals surface area contributed by atoms with E-state index in [-0.39, 0.29) is 23.9 Å². The van der Waals surface area contributed by atoms with Crippen molar-refractivity contribution in [3.8, 4) is 11.5 Å². The standard InChI is InChI=1S/C24H30N2O4S/c1-29-20-11-5-10-19(23(20)30-2)22(24(28)25-16-7-3-4-8-16)26(17-12-13-17)21(27)15-18-9-6-14-31-18/h5-6,9-11,14,16-17,22H,3-4,7-8,12-13,15H2,1-2H3,(H,25,28). The molecule has 1 atom stereocenters. The number of thiophene rings is 1. The van der Waals surface area contributed by atoms with Crippen molar-refractivity contribution in [3.05, 3.63) is 46.2 Å². The van der Waals surface area contributed by atoms with Gasteiger partial charge < -0.3 is 19.7 Å². The molecule has 2 aliphatic carbocycles. The number of carbonyl (C=O) groups is 2. The van der Waals surface area contributed by atoms with Crippen LogP contribution in [-0.2, 0) is 16.0 Å². The van der Waals surface area contributed by atoms with E-state index in [4.69, 9.17) is 9.47 Å². The lowest BCUT2D eigenvalue weighted by molar-refractivity contribution is -0.141. The molecule has 2 aromatic rings. The Morgan fingerprint density at radius 2 is 1.87 bits per heavy atom. The number of carbonyl (C=O) groups excluding carboxylic acids is 2.